The van der Waals surface area contributed by atoms with E-state index in [0.717, 1.165) is 17.3 Å². The van der Waals surface area contributed by atoms with Gasteiger partial charge in [-0.15, -0.1) is 11.8 Å². The second-order valence-corrected chi connectivity index (χ2v) is 6.07. The van der Waals surface area contributed by atoms with E-state index in [2.05, 4.69) is 28.1 Å². The fourth-order valence-corrected chi connectivity index (χ4v) is 3.72. The molecule has 0 spiro atoms. The Kier molecular flexibility index (Phi) is 4.12. The SMILES string of the molecule is OC1CCCCC1Sc1ccccc1Br. The van der Waals surface area contributed by atoms with Gasteiger partial charge in [-0.25, -0.2) is 0 Å². The van der Waals surface area contributed by atoms with Crippen LogP contribution in [0.4, 0.5) is 0 Å². The van der Waals surface area contributed by atoms with Gasteiger partial charge in [0.05, 0.1) is 6.10 Å². The van der Waals surface area contributed by atoms with E-state index in [9.17, 15) is 5.11 Å². The van der Waals surface area contributed by atoms with Gasteiger partial charge in [0.15, 0.2) is 0 Å². The summed E-state index contributed by atoms with van der Waals surface area (Å²) in [6.45, 7) is 0. The third-order valence-corrected chi connectivity index (χ3v) is 5.20. The van der Waals surface area contributed by atoms with E-state index in [1.807, 2.05) is 12.1 Å². The van der Waals surface area contributed by atoms with Crippen molar-refractivity contribution in [3.8, 4) is 0 Å². The Morgan fingerprint density at radius 3 is 2.67 bits per heavy atom. The lowest BCUT2D eigenvalue weighted by Gasteiger charge is -2.27. The number of rotatable bonds is 2. The Morgan fingerprint density at radius 1 is 1.20 bits per heavy atom. The molecule has 2 atom stereocenters. The third-order valence-electron chi connectivity index (χ3n) is 2.78. The summed E-state index contributed by atoms with van der Waals surface area (Å²) < 4.78 is 1.13. The summed E-state index contributed by atoms with van der Waals surface area (Å²) in [5.74, 6) is 0. The normalized spacial score (nSPS) is 26.5. The van der Waals surface area contributed by atoms with Crippen molar-refractivity contribution in [2.75, 3.05) is 0 Å². The number of thioether (sulfide) groups is 1. The minimum atomic E-state index is -0.129. The van der Waals surface area contributed by atoms with Crippen LogP contribution in [0.15, 0.2) is 33.6 Å². The van der Waals surface area contributed by atoms with Gasteiger partial charge in [-0.2, -0.15) is 0 Å². The maximum Gasteiger partial charge on any atom is 0.0662 e. The minimum absolute atomic E-state index is 0.129. The number of hydrogen-bond acceptors (Lipinski definition) is 2. The van der Waals surface area contributed by atoms with Gasteiger partial charge in [0, 0.05) is 14.6 Å². The molecule has 0 aliphatic heterocycles. The van der Waals surface area contributed by atoms with E-state index in [4.69, 9.17) is 0 Å². The van der Waals surface area contributed by atoms with Crippen LogP contribution in [0.1, 0.15) is 25.7 Å². The highest BCUT2D eigenvalue weighted by molar-refractivity contribution is 9.10. The molecular formula is C12H15BrOS. The number of aliphatic hydroxyl groups excluding tert-OH is 1. The molecule has 0 aromatic heterocycles. The lowest BCUT2D eigenvalue weighted by Crippen LogP contribution is -2.26. The van der Waals surface area contributed by atoms with Crippen molar-refractivity contribution in [2.24, 2.45) is 0 Å². The Balaban J connectivity index is 2.04. The zero-order chi connectivity index (χ0) is 10.7. The number of halogens is 1. The molecule has 3 heteroatoms. The second-order valence-electron chi connectivity index (χ2n) is 3.94. The Labute approximate surface area is 103 Å². The van der Waals surface area contributed by atoms with E-state index < -0.39 is 0 Å². The maximum absolute atomic E-state index is 9.89. The smallest absolute Gasteiger partial charge is 0.0662 e. The Bertz CT molecular complexity index is 329. The molecule has 0 radical (unpaired) electrons. The molecule has 15 heavy (non-hydrogen) atoms. The van der Waals surface area contributed by atoms with Gasteiger partial charge < -0.3 is 5.11 Å². The molecule has 0 bridgehead atoms. The molecule has 2 rings (SSSR count). The predicted molar refractivity (Wildman–Crippen MR) is 68.3 cm³/mol. The van der Waals surface area contributed by atoms with Crippen LogP contribution in [0.2, 0.25) is 0 Å². The van der Waals surface area contributed by atoms with Crippen molar-refractivity contribution in [1.82, 2.24) is 0 Å². The highest BCUT2D eigenvalue weighted by Crippen LogP contribution is 2.37. The zero-order valence-electron chi connectivity index (χ0n) is 8.53. The van der Waals surface area contributed by atoms with Crippen molar-refractivity contribution in [3.63, 3.8) is 0 Å². The molecule has 1 aliphatic carbocycles. The molecule has 1 N–H and O–H groups in total. The first-order valence-electron chi connectivity index (χ1n) is 5.36. The van der Waals surface area contributed by atoms with Crippen molar-refractivity contribution >= 4 is 27.7 Å². The fourth-order valence-electron chi connectivity index (χ4n) is 1.92. The lowest BCUT2D eigenvalue weighted by atomic mass is 9.97. The predicted octanol–water partition coefficient (Wildman–Crippen LogP) is 3.84. The van der Waals surface area contributed by atoms with E-state index in [-0.39, 0.29) is 6.10 Å². The van der Waals surface area contributed by atoms with Gasteiger partial charge in [0.1, 0.15) is 0 Å². The lowest BCUT2D eigenvalue weighted by molar-refractivity contribution is 0.137. The minimum Gasteiger partial charge on any atom is -0.392 e. The Morgan fingerprint density at radius 2 is 1.93 bits per heavy atom. The van der Waals surface area contributed by atoms with Gasteiger partial charge in [0.2, 0.25) is 0 Å². The summed E-state index contributed by atoms with van der Waals surface area (Å²) >= 11 is 5.34. The molecule has 1 aromatic rings. The van der Waals surface area contributed by atoms with E-state index >= 15 is 0 Å². The van der Waals surface area contributed by atoms with Crippen LogP contribution in [-0.4, -0.2) is 16.5 Å². The average Bonchev–Trinajstić information content (AvgIpc) is 2.24. The van der Waals surface area contributed by atoms with Crippen LogP contribution >= 0.6 is 27.7 Å². The van der Waals surface area contributed by atoms with Crippen LogP contribution in [0.3, 0.4) is 0 Å². The van der Waals surface area contributed by atoms with Gasteiger partial charge >= 0.3 is 0 Å². The van der Waals surface area contributed by atoms with E-state index in [1.54, 1.807) is 11.8 Å². The number of hydrogen-bond donors (Lipinski definition) is 1. The van der Waals surface area contributed by atoms with Crippen molar-refractivity contribution in [3.05, 3.63) is 28.7 Å². The molecule has 1 fully saturated rings. The summed E-state index contributed by atoms with van der Waals surface area (Å²) in [4.78, 5) is 1.24. The standard InChI is InChI=1S/C12H15BrOS/c13-9-5-1-3-7-11(9)15-12-8-4-2-6-10(12)14/h1,3,5,7,10,12,14H,2,4,6,8H2. The highest BCUT2D eigenvalue weighted by Gasteiger charge is 2.24. The van der Waals surface area contributed by atoms with E-state index in [1.165, 1.54) is 17.7 Å². The van der Waals surface area contributed by atoms with Crippen molar-refractivity contribution < 1.29 is 5.11 Å². The largest absolute Gasteiger partial charge is 0.392 e. The van der Waals surface area contributed by atoms with Crippen LogP contribution in [0.25, 0.3) is 0 Å². The summed E-state index contributed by atoms with van der Waals surface area (Å²) in [5.41, 5.74) is 0. The molecular weight excluding hydrogens is 272 g/mol. The van der Waals surface area contributed by atoms with Crippen LogP contribution in [0, 0.1) is 0 Å². The first-order chi connectivity index (χ1) is 7.27. The average molecular weight is 287 g/mol. The fraction of sp³-hybridized carbons (Fsp3) is 0.500. The maximum atomic E-state index is 9.89. The summed E-state index contributed by atoms with van der Waals surface area (Å²) in [6, 6.07) is 8.22. The first kappa shape index (κ1) is 11.5. The molecule has 1 saturated carbocycles. The first-order valence-corrected chi connectivity index (χ1v) is 7.04. The summed E-state index contributed by atoms with van der Waals surface area (Å²) in [5, 5.41) is 10.3. The topological polar surface area (TPSA) is 20.2 Å². The van der Waals surface area contributed by atoms with Crippen LogP contribution < -0.4 is 0 Å². The second kappa shape index (κ2) is 5.37. The molecule has 1 aromatic carbocycles. The van der Waals surface area contributed by atoms with Gasteiger partial charge in [-0.1, -0.05) is 25.0 Å². The van der Waals surface area contributed by atoms with Gasteiger partial charge in [-0.05, 0) is 40.9 Å². The monoisotopic (exact) mass is 286 g/mol. The summed E-state index contributed by atoms with van der Waals surface area (Å²) in [7, 11) is 0. The molecule has 1 aliphatic rings. The quantitative estimate of drug-likeness (QED) is 0.891. The molecule has 0 heterocycles. The van der Waals surface area contributed by atoms with Crippen molar-refractivity contribution in [2.45, 2.75) is 41.9 Å². The molecule has 1 nitrogen and oxygen atoms in total. The Hall–Kier alpha value is 0.01000. The molecule has 0 saturated heterocycles. The molecule has 0 amide bonds. The zero-order valence-corrected chi connectivity index (χ0v) is 10.9. The van der Waals surface area contributed by atoms with Crippen LogP contribution in [0.5, 0.6) is 0 Å². The summed E-state index contributed by atoms with van der Waals surface area (Å²) in [6.07, 6.45) is 4.39. The van der Waals surface area contributed by atoms with Crippen molar-refractivity contribution in [1.29, 1.82) is 0 Å². The number of aliphatic hydroxyl groups is 1. The highest BCUT2D eigenvalue weighted by atomic mass is 79.9. The molecule has 82 valence electrons. The third kappa shape index (κ3) is 2.99. The van der Waals surface area contributed by atoms with Crippen LogP contribution in [-0.2, 0) is 0 Å². The number of benzene rings is 1. The van der Waals surface area contributed by atoms with E-state index in [0.29, 0.717) is 5.25 Å². The van der Waals surface area contributed by atoms with Gasteiger partial charge in [-0.3, -0.25) is 0 Å². The molecule has 2 unspecified atom stereocenters. The van der Waals surface area contributed by atoms with Gasteiger partial charge in [0.25, 0.3) is 0 Å².